The lowest BCUT2D eigenvalue weighted by molar-refractivity contribution is 0.177. The molecule has 0 fully saturated rings. The van der Waals surface area contributed by atoms with Crippen LogP contribution < -0.4 is 0 Å². The zero-order valence-corrected chi connectivity index (χ0v) is 8.31. The Morgan fingerprint density at radius 2 is 2.08 bits per heavy atom. The van der Waals surface area contributed by atoms with Crippen LogP contribution >= 0.6 is 0 Å². The third-order valence-corrected chi connectivity index (χ3v) is 1.73. The molecule has 0 aliphatic heterocycles. The van der Waals surface area contributed by atoms with Crippen LogP contribution in [0.5, 0.6) is 0 Å². The summed E-state index contributed by atoms with van der Waals surface area (Å²) in [5.74, 6) is 0.663. The molecule has 0 heterocycles. The van der Waals surface area contributed by atoms with E-state index >= 15 is 0 Å². The Labute approximate surface area is 79.0 Å². The predicted octanol–water partition coefficient (Wildman–Crippen LogP) is 2.67. The zero-order valence-electron chi connectivity index (χ0n) is 8.31. The number of alkyl halides is 1. The first-order valence-corrected chi connectivity index (χ1v) is 4.25. The number of halogens is 1. The molecule has 0 aliphatic rings. The van der Waals surface area contributed by atoms with Crippen LogP contribution in [0, 0.1) is 5.92 Å². The lowest BCUT2D eigenvalue weighted by Gasteiger charge is -2.16. The van der Waals surface area contributed by atoms with Crippen molar-refractivity contribution in [3.05, 3.63) is 24.7 Å². The van der Waals surface area contributed by atoms with Gasteiger partial charge in [0, 0.05) is 6.42 Å². The van der Waals surface area contributed by atoms with Gasteiger partial charge in [0.15, 0.2) is 0 Å². The molecule has 3 heteroatoms. The molecule has 2 nitrogen and oxygen atoms in total. The molecule has 0 rings (SSSR count). The van der Waals surface area contributed by atoms with Crippen molar-refractivity contribution in [1.82, 2.24) is 0 Å². The first-order valence-electron chi connectivity index (χ1n) is 4.25. The molecule has 1 unspecified atom stereocenters. The first-order chi connectivity index (χ1) is 6.15. The van der Waals surface area contributed by atoms with Gasteiger partial charge in [0.25, 0.3) is 0 Å². The van der Waals surface area contributed by atoms with Crippen LogP contribution in [0.25, 0.3) is 0 Å². The molecule has 76 valence electrons. The molecule has 0 N–H and O–H groups in total. The summed E-state index contributed by atoms with van der Waals surface area (Å²) in [6, 6.07) is 0. The topological polar surface area (TPSA) is 18.5 Å². The molecule has 0 saturated carbocycles. The van der Waals surface area contributed by atoms with E-state index in [9.17, 15) is 4.39 Å². The van der Waals surface area contributed by atoms with E-state index in [-0.39, 0.29) is 5.92 Å². The zero-order chi connectivity index (χ0) is 10.3. The lowest BCUT2D eigenvalue weighted by Crippen LogP contribution is -2.09. The Kier molecular flexibility index (Phi) is 6.02. The Morgan fingerprint density at radius 3 is 2.46 bits per heavy atom. The van der Waals surface area contributed by atoms with E-state index in [1.165, 1.54) is 7.11 Å². The molecule has 0 amide bonds. The van der Waals surface area contributed by atoms with Gasteiger partial charge in [0.1, 0.15) is 0 Å². The van der Waals surface area contributed by atoms with Crippen LogP contribution in [0.2, 0.25) is 0 Å². The van der Waals surface area contributed by atoms with Crippen molar-refractivity contribution in [2.45, 2.75) is 13.3 Å². The molecule has 1 atom stereocenters. The SMILES string of the molecule is C=C(CC(CF)C(=C)OC)OCC. The van der Waals surface area contributed by atoms with E-state index in [2.05, 4.69) is 13.2 Å². The number of methoxy groups -OCH3 is 1. The van der Waals surface area contributed by atoms with Gasteiger partial charge in [-0.25, -0.2) is 0 Å². The molecule has 0 aromatic carbocycles. The smallest absolute Gasteiger partial charge is 0.0997 e. The quantitative estimate of drug-likeness (QED) is 0.572. The van der Waals surface area contributed by atoms with Crippen molar-refractivity contribution in [1.29, 1.82) is 0 Å². The summed E-state index contributed by atoms with van der Waals surface area (Å²) < 4.78 is 22.4. The normalized spacial score (nSPS) is 11.9. The molecule has 0 saturated heterocycles. The molecule has 0 bridgehead atoms. The number of rotatable bonds is 7. The summed E-state index contributed by atoms with van der Waals surface area (Å²) in [5.41, 5.74) is 0. The minimum absolute atomic E-state index is 0.343. The minimum Gasteiger partial charge on any atom is -0.501 e. The van der Waals surface area contributed by atoms with Crippen LogP contribution in [0.1, 0.15) is 13.3 Å². The largest absolute Gasteiger partial charge is 0.501 e. The van der Waals surface area contributed by atoms with E-state index in [1.54, 1.807) is 0 Å². The predicted molar refractivity (Wildman–Crippen MR) is 51.0 cm³/mol. The van der Waals surface area contributed by atoms with Gasteiger partial charge in [-0.15, -0.1) is 0 Å². The number of ether oxygens (including phenoxy) is 2. The maximum absolute atomic E-state index is 12.5. The second-order valence-corrected chi connectivity index (χ2v) is 2.70. The van der Waals surface area contributed by atoms with Gasteiger partial charge < -0.3 is 9.47 Å². The monoisotopic (exact) mass is 188 g/mol. The fourth-order valence-electron chi connectivity index (χ4n) is 0.959. The molecular formula is C10H17FO2. The Bertz CT molecular complexity index is 178. The van der Waals surface area contributed by atoms with Gasteiger partial charge in [-0.05, 0) is 6.92 Å². The van der Waals surface area contributed by atoms with E-state index < -0.39 is 6.67 Å². The highest BCUT2D eigenvalue weighted by atomic mass is 19.1. The van der Waals surface area contributed by atoms with Crippen LogP contribution in [0.15, 0.2) is 24.7 Å². The highest BCUT2D eigenvalue weighted by molar-refractivity contribution is 4.98. The standard InChI is InChI=1S/C10H17FO2/c1-5-13-8(2)6-10(7-11)9(3)12-4/h10H,2-3,5-7H2,1,4H3. The minimum atomic E-state index is -0.501. The Balaban J connectivity index is 3.97. The summed E-state index contributed by atoms with van der Waals surface area (Å²) in [6.45, 7) is 9.18. The van der Waals surface area contributed by atoms with Crippen LogP contribution in [0.3, 0.4) is 0 Å². The first kappa shape index (κ1) is 12.0. The summed E-state index contributed by atoms with van der Waals surface area (Å²) in [4.78, 5) is 0. The van der Waals surface area contributed by atoms with Crippen LogP contribution in [-0.4, -0.2) is 20.4 Å². The van der Waals surface area contributed by atoms with Crippen molar-refractivity contribution in [2.75, 3.05) is 20.4 Å². The maximum atomic E-state index is 12.5. The van der Waals surface area contributed by atoms with Crippen molar-refractivity contribution >= 4 is 0 Å². The van der Waals surface area contributed by atoms with Crippen molar-refractivity contribution < 1.29 is 13.9 Å². The third kappa shape index (κ3) is 4.55. The number of allylic oxidation sites excluding steroid dienone is 2. The van der Waals surface area contributed by atoms with Crippen LogP contribution in [0.4, 0.5) is 4.39 Å². The van der Waals surface area contributed by atoms with Gasteiger partial charge >= 0.3 is 0 Å². The molecule has 0 aromatic rings. The average Bonchev–Trinajstić information content (AvgIpc) is 2.13. The fraction of sp³-hybridized carbons (Fsp3) is 0.600. The lowest BCUT2D eigenvalue weighted by atomic mass is 10.0. The van der Waals surface area contributed by atoms with Crippen LogP contribution in [-0.2, 0) is 9.47 Å². The Morgan fingerprint density at radius 1 is 1.46 bits per heavy atom. The van der Waals surface area contributed by atoms with Crippen molar-refractivity contribution in [3.63, 3.8) is 0 Å². The Hall–Kier alpha value is -0.990. The third-order valence-electron chi connectivity index (χ3n) is 1.73. The van der Waals surface area contributed by atoms with E-state index in [0.717, 1.165) is 0 Å². The molecule has 0 aromatic heterocycles. The molecule has 0 aliphatic carbocycles. The highest BCUT2D eigenvalue weighted by Crippen LogP contribution is 2.19. The molecular weight excluding hydrogens is 171 g/mol. The summed E-state index contributed by atoms with van der Waals surface area (Å²) in [7, 11) is 1.48. The average molecular weight is 188 g/mol. The number of hydrogen-bond acceptors (Lipinski definition) is 2. The molecule has 0 radical (unpaired) electrons. The van der Waals surface area contributed by atoms with Gasteiger partial charge in [-0.1, -0.05) is 13.2 Å². The number of hydrogen-bond donors (Lipinski definition) is 0. The molecule has 0 spiro atoms. The second-order valence-electron chi connectivity index (χ2n) is 2.70. The van der Waals surface area contributed by atoms with Gasteiger partial charge in [0.05, 0.1) is 37.8 Å². The summed E-state index contributed by atoms with van der Waals surface area (Å²) in [5, 5.41) is 0. The van der Waals surface area contributed by atoms with E-state index in [4.69, 9.17) is 9.47 Å². The summed E-state index contributed by atoms with van der Waals surface area (Å²) >= 11 is 0. The van der Waals surface area contributed by atoms with Gasteiger partial charge in [-0.2, -0.15) is 0 Å². The highest BCUT2D eigenvalue weighted by Gasteiger charge is 2.14. The maximum Gasteiger partial charge on any atom is 0.0997 e. The fourth-order valence-corrected chi connectivity index (χ4v) is 0.959. The van der Waals surface area contributed by atoms with Gasteiger partial charge in [0.2, 0.25) is 0 Å². The van der Waals surface area contributed by atoms with Crippen molar-refractivity contribution in [2.24, 2.45) is 5.92 Å². The second kappa shape index (κ2) is 6.52. The van der Waals surface area contributed by atoms with E-state index in [1.807, 2.05) is 6.92 Å². The van der Waals surface area contributed by atoms with Crippen molar-refractivity contribution in [3.8, 4) is 0 Å². The molecule has 13 heavy (non-hydrogen) atoms. The summed E-state index contributed by atoms with van der Waals surface area (Å²) in [6.07, 6.45) is 0.428. The van der Waals surface area contributed by atoms with Gasteiger partial charge in [-0.3, -0.25) is 4.39 Å². The van der Waals surface area contributed by atoms with E-state index in [0.29, 0.717) is 24.5 Å².